The summed E-state index contributed by atoms with van der Waals surface area (Å²) in [5.41, 5.74) is 4.78. The molecule has 0 aliphatic carbocycles. The molecule has 0 aromatic heterocycles. The molecule has 122 valence electrons. The molecule has 4 atom stereocenters. The highest BCUT2D eigenvalue weighted by Gasteiger charge is 2.50. The van der Waals surface area contributed by atoms with E-state index in [0.717, 1.165) is 11.9 Å². The fourth-order valence-electron chi connectivity index (χ4n) is 4.05. The van der Waals surface area contributed by atoms with Gasteiger partial charge < -0.3 is 14.0 Å². The molecule has 1 aromatic rings. The van der Waals surface area contributed by atoms with Gasteiger partial charge in [-0.25, -0.2) is 0 Å². The van der Waals surface area contributed by atoms with Crippen molar-refractivity contribution in [3.05, 3.63) is 41.0 Å². The van der Waals surface area contributed by atoms with Crippen molar-refractivity contribution in [1.82, 2.24) is 0 Å². The van der Waals surface area contributed by atoms with Gasteiger partial charge in [0.15, 0.2) is 0 Å². The van der Waals surface area contributed by atoms with E-state index in [0.29, 0.717) is 0 Å². The Morgan fingerprint density at radius 3 is 2.61 bits per heavy atom. The van der Waals surface area contributed by atoms with E-state index in [-0.39, 0.29) is 31.0 Å². The molecule has 4 rings (SSSR count). The average molecular weight is 312 g/mol. The second kappa shape index (κ2) is 5.47. The van der Waals surface area contributed by atoms with Gasteiger partial charge in [0.05, 0.1) is 12.2 Å². The van der Waals surface area contributed by atoms with Crippen molar-refractivity contribution in [1.29, 1.82) is 0 Å². The van der Waals surface area contributed by atoms with Crippen LogP contribution in [0.3, 0.4) is 0 Å². The van der Waals surface area contributed by atoms with Crippen molar-refractivity contribution in [2.24, 2.45) is 0 Å². The molecule has 0 N–H and O–H groups in total. The van der Waals surface area contributed by atoms with E-state index in [1.165, 1.54) is 29.5 Å². The van der Waals surface area contributed by atoms with Crippen LogP contribution in [0, 0.1) is 6.92 Å². The Balaban J connectivity index is 1.77. The quantitative estimate of drug-likeness (QED) is 0.629. The number of hydrogen-bond donors (Lipinski definition) is 0. The van der Waals surface area contributed by atoms with E-state index >= 15 is 0 Å². The molecule has 3 aliphatic heterocycles. The van der Waals surface area contributed by atoms with Crippen molar-refractivity contribution in [2.45, 2.75) is 70.9 Å². The smallest absolute Gasteiger partial charge is 0.402 e. The lowest BCUT2D eigenvalue weighted by atomic mass is 9.70. The number of benzene rings is 1. The minimum Gasteiger partial charge on any atom is -0.402 e. The van der Waals surface area contributed by atoms with Crippen LogP contribution in [0.15, 0.2) is 24.3 Å². The Morgan fingerprint density at radius 2 is 1.91 bits per heavy atom. The largest absolute Gasteiger partial charge is 0.494 e. The first-order chi connectivity index (χ1) is 11.0. The number of rotatable bonds is 4. The summed E-state index contributed by atoms with van der Waals surface area (Å²) in [5.74, 6) is 0. The second-order valence-electron chi connectivity index (χ2n) is 7.22. The van der Waals surface area contributed by atoms with Gasteiger partial charge in [0.2, 0.25) is 0 Å². The van der Waals surface area contributed by atoms with Crippen LogP contribution in [0.5, 0.6) is 0 Å². The molecule has 2 unspecified atom stereocenters. The van der Waals surface area contributed by atoms with Crippen LogP contribution in [-0.4, -0.2) is 19.3 Å². The molecule has 1 aromatic carbocycles. The van der Waals surface area contributed by atoms with E-state index < -0.39 is 0 Å². The Labute approximate surface area is 139 Å². The molecule has 0 radical (unpaired) electrons. The Kier molecular flexibility index (Phi) is 3.67. The average Bonchev–Trinajstić information content (AvgIpc) is 3.18. The zero-order valence-electron chi connectivity index (χ0n) is 14.5. The molecule has 1 saturated heterocycles. The maximum Gasteiger partial charge on any atom is 0.494 e. The summed E-state index contributed by atoms with van der Waals surface area (Å²) >= 11 is 0. The Hall–Kier alpha value is -1.10. The standard InChI is InChI=1S/C19H25BO3/c1-5-6-8-19-9-7-17(21-19)18-15(19)10-12(2)11-16(18)20-22-13(3)14(4)23-20/h7,9-11,13-14,17H,5-6,8H2,1-4H3/t13-,14+,17?,19?. The van der Waals surface area contributed by atoms with Crippen LogP contribution in [0.25, 0.3) is 0 Å². The lowest BCUT2D eigenvalue weighted by molar-refractivity contribution is -0.00987. The summed E-state index contributed by atoms with van der Waals surface area (Å²) < 4.78 is 18.5. The van der Waals surface area contributed by atoms with E-state index in [9.17, 15) is 0 Å². The van der Waals surface area contributed by atoms with Gasteiger partial charge in [-0.15, -0.1) is 0 Å². The molecule has 0 saturated carbocycles. The Bertz CT molecular complexity index is 646. The van der Waals surface area contributed by atoms with E-state index in [1.54, 1.807) is 0 Å². The van der Waals surface area contributed by atoms with Crippen molar-refractivity contribution in [3.63, 3.8) is 0 Å². The number of unbranched alkanes of at least 4 members (excludes halogenated alkanes) is 1. The third kappa shape index (κ3) is 2.31. The maximum absolute atomic E-state index is 6.42. The molecule has 3 heterocycles. The van der Waals surface area contributed by atoms with Crippen LogP contribution >= 0.6 is 0 Å². The van der Waals surface area contributed by atoms with Gasteiger partial charge in [-0.3, -0.25) is 0 Å². The van der Waals surface area contributed by atoms with Crippen LogP contribution in [0.4, 0.5) is 0 Å². The third-order valence-corrected chi connectivity index (χ3v) is 5.47. The van der Waals surface area contributed by atoms with Crippen molar-refractivity contribution < 1.29 is 14.0 Å². The van der Waals surface area contributed by atoms with E-state index in [2.05, 4.69) is 52.0 Å². The maximum atomic E-state index is 6.42. The number of fused-ring (bicyclic) bond motifs is 5. The molecule has 3 aliphatic rings. The van der Waals surface area contributed by atoms with Gasteiger partial charge in [0.1, 0.15) is 11.7 Å². The van der Waals surface area contributed by atoms with Gasteiger partial charge >= 0.3 is 7.12 Å². The fraction of sp³-hybridized carbons (Fsp3) is 0.579. The first-order valence-electron chi connectivity index (χ1n) is 8.87. The second-order valence-corrected chi connectivity index (χ2v) is 7.22. The summed E-state index contributed by atoms with van der Waals surface area (Å²) in [6, 6.07) is 4.50. The molecule has 3 nitrogen and oxygen atoms in total. The molecular formula is C19H25BO3. The van der Waals surface area contributed by atoms with E-state index in [1.807, 2.05) is 0 Å². The van der Waals surface area contributed by atoms with Crippen molar-refractivity contribution in [2.75, 3.05) is 0 Å². The first kappa shape index (κ1) is 15.4. The normalized spacial score (nSPS) is 34.4. The molecular weight excluding hydrogens is 287 g/mol. The van der Waals surface area contributed by atoms with Gasteiger partial charge in [-0.2, -0.15) is 0 Å². The monoisotopic (exact) mass is 312 g/mol. The number of hydrogen-bond acceptors (Lipinski definition) is 3. The predicted octanol–water partition coefficient (Wildman–Crippen LogP) is 3.54. The molecule has 23 heavy (non-hydrogen) atoms. The molecule has 0 amide bonds. The molecule has 2 bridgehead atoms. The van der Waals surface area contributed by atoms with Gasteiger partial charge in [0, 0.05) is 0 Å². The molecule has 4 heteroatoms. The zero-order valence-corrected chi connectivity index (χ0v) is 14.5. The highest BCUT2D eigenvalue weighted by molar-refractivity contribution is 6.62. The van der Waals surface area contributed by atoms with Crippen LogP contribution < -0.4 is 5.46 Å². The summed E-state index contributed by atoms with van der Waals surface area (Å²) in [5, 5.41) is 0. The number of aryl methyl sites for hydroxylation is 1. The van der Waals surface area contributed by atoms with Crippen molar-refractivity contribution in [3.8, 4) is 0 Å². The summed E-state index contributed by atoms with van der Waals surface area (Å²) in [6.07, 6.45) is 8.17. The minimum absolute atomic E-state index is 0.0517. The summed E-state index contributed by atoms with van der Waals surface area (Å²) in [6.45, 7) is 8.53. The fourth-order valence-corrected chi connectivity index (χ4v) is 4.05. The van der Waals surface area contributed by atoms with Crippen LogP contribution in [-0.2, 0) is 19.6 Å². The van der Waals surface area contributed by atoms with Gasteiger partial charge in [0.25, 0.3) is 0 Å². The number of ether oxygens (including phenoxy) is 1. The lowest BCUT2D eigenvalue weighted by Gasteiger charge is -2.25. The van der Waals surface area contributed by atoms with E-state index in [4.69, 9.17) is 14.0 Å². The topological polar surface area (TPSA) is 27.7 Å². The Morgan fingerprint density at radius 1 is 1.17 bits per heavy atom. The van der Waals surface area contributed by atoms with Crippen LogP contribution in [0.1, 0.15) is 62.8 Å². The summed E-state index contributed by atoms with van der Waals surface area (Å²) in [7, 11) is -0.270. The van der Waals surface area contributed by atoms with Crippen molar-refractivity contribution >= 4 is 12.6 Å². The van der Waals surface area contributed by atoms with Gasteiger partial charge in [-0.1, -0.05) is 43.5 Å². The molecule has 1 fully saturated rings. The SMILES string of the molecule is CCCCC12C=CC(O1)c1c(B3O[C@@H](C)[C@@H](C)O3)cc(C)cc12. The lowest BCUT2D eigenvalue weighted by Crippen LogP contribution is -2.37. The highest BCUT2D eigenvalue weighted by atomic mass is 16.7. The summed E-state index contributed by atoms with van der Waals surface area (Å²) in [4.78, 5) is 0. The van der Waals surface area contributed by atoms with Gasteiger partial charge in [-0.05, 0) is 49.9 Å². The third-order valence-electron chi connectivity index (χ3n) is 5.47. The zero-order chi connectivity index (χ0) is 16.2. The van der Waals surface area contributed by atoms with Crippen LogP contribution in [0.2, 0.25) is 0 Å². The molecule has 0 spiro atoms. The highest BCUT2D eigenvalue weighted by Crippen LogP contribution is 2.52. The predicted molar refractivity (Wildman–Crippen MR) is 91.8 cm³/mol. The first-order valence-corrected chi connectivity index (χ1v) is 8.87. The minimum atomic E-state index is -0.270.